The van der Waals surface area contributed by atoms with Crippen LogP contribution in [0.25, 0.3) is 0 Å². The first-order valence-corrected chi connectivity index (χ1v) is 7.05. The Morgan fingerprint density at radius 2 is 2.00 bits per heavy atom. The summed E-state index contributed by atoms with van der Waals surface area (Å²) in [5.74, 6) is 0.576. The topological polar surface area (TPSA) is 59.9 Å². The molecule has 0 saturated carbocycles. The first kappa shape index (κ1) is 17.3. The standard InChI is InChI=1S/C14H14ClF3N4O/c1-8(22-13-12(15)9(2)20-7-21-13)6-23-11-4-3-10(5-19-11)14(16,17)18/h3-5,7-8H,6H2,1-2H3,(H,20,21,22)/t8-/m0/s1. The second-order valence-corrected chi connectivity index (χ2v) is 5.24. The van der Waals surface area contributed by atoms with Gasteiger partial charge in [-0.15, -0.1) is 0 Å². The van der Waals surface area contributed by atoms with E-state index >= 15 is 0 Å². The summed E-state index contributed by atoms with van der Waals surface area (Å²) in [4.78, 5) is 11.6. The number of aromatic nitrogens is 3. The van der Waals surface area contributed by atoms with Gasteiger partial charge in [0.1, 0.15) is 23.8 Å². The molecule has 0 radical (unpaired) electrons. The number of hydrogen-bond donors (Lipinski definition) is 1. The van der Waals surface area contributed by atoms with E-state index in [1.165, 1.54) is 12.4 Å². The summed E-state index contributed by atoms with van der Waals surface area (Å²) in [7, 11) is 0. The van der Waals surface area contributed by atoms with E-state index in [-0.39, 0.29) is 18.5 Å². The van der Waals surface area contributed by atoms with Crippen LogP contribution in [0.4, 0.5) is 19.0 Å². The van der Waals surface area contributed by atoms with E-state index in [9.17, 15) is 13.2 Å². The van der Waals surface area contributed by atoms with Crippen LogP contribution in [-0.4, -0.2) is 27.6 Å². The van der Waals surface area contributed by atoms with Crippen molar-refractivity contribution in [3.63, 3.8) is 0 Å². The third-order valence-corrected chi connectivity index (χ3v) is 3.34. The predicted octanol–water partition coefficient (Wildman–Crippen LogP) is 3.73. The zero-order valence-electron chi connectivity index (χ0n) is 12.4. The van der Waals surface area contributed by atoms with Gasteiger partial charge in [-0.1, -0.05) is 11.6 Å². The van der Waals surface area contributed by atoms with Gasteiger partial charge >= 0.3 is 6.18 Å². The Labute approximate surface area is 135 Å². The van der Waals surface area contributed by atoms with Gasteiger partial charge in [-0.05, 0) is 19.9 Å². The highest BCUT2D eigenvalue weighted by molar-refractivity contribution is 6.33. The average Bonchev–Trinajstić information content (AvgIpc) is 2.49. The van der Waals surface area contributed by atoms with E-state index in [0.717, 1.165) is 12.3 Å². The molecule has 0 aliphatic rings. The SMILES string of the molecule is Cc1ncnc(N[C@@H](C)COc2ccc(C(F)(F)F)cn2)c1Cl. The van der Waals surface area contributed by atoms with Crippen LogP contribution in [0.2, 0.25) is 5.02 Å². The van der Waals surface area contributed by atoms with Gasteiger partial charge in [-0.2, -0.15) is 13.2 Å². The molecule has 124 valence electrons. The van der Waals surface area contributed by atoms with E-state index < -0.39 is 11.7 Å². The van der Waals surface area contributed by atoms with Gasteiger partial charge in [0.05, 0.1) is 17.3 Å². The van der Waals surface area contributed by atoms with Crippen LogP contribution in [-0.2, 0) is 6.18 Å². The highest BCUT2D eigenvalue weighted by Gasteiger charge is 2.30. The monoisotopic (exact) mass is 346 g/mol. The van der Waals surface area contributed by atoms with Crippen molar-refractivity contribution in [1.29, 1.82) is 0 Å². The molecule has 2 heterocycles. The highest BCUT2D eigenvalue weighted by atomic mass is 35.5. The number of aryl methyl sites for hydroxylation is 1. The molecule has 2 aromatic rings. The van der Waals surface area contributed by atoms with E-state index in [2.05, 4.69) is 20.3 Å². The summed E-state index contributed by atoms with van der Waals surface area (Å²) >= 11 is 6.07. The van der Waals surface area contributed by atoms with Crippen LogP contribution < -0.4 is 10.1 Å². The second kappa shape index (κ2) is 6.99. The molecule has 0 amide bonds. The fourth-order valence-electron chi connectivity index (χ4n) is 1.68. The third kappa shape index (κ3) is 4.69. The number of nitrogens with zero attached hydrogens (tertiary/aromatic N) is 3. The van der Waals surface area contributed by atoms with Crippen LogP contribution >= 0.6 is 11.6 Å². The Morgan fingerprint density at radius 3 is 2.61 bits per heavy atom. The molecule has 2 rings (SSSR count). The molecule has 0 aromatic carbocycles. The largest absolute Gasteiger partial charge is 0.475 e. The smallest absolute Gasteiger partial charge is 0.417 e. The molecule has 0 saturated heterocycles. The number of nitrogens with one attached hydrogen (secondary N) is 1. The molecule has 0 fully saturated rings. The van der Waals surface area contributed by atoms with E-state index in [0.29, 0.717) is 16.5 Å². The number of halogens is 4. The first-order valence-electron chi connectivity index (χ1n) is 6.67. The highest BCUT2D eigenvalue weighted by Crippen LogP contribution is 2.29. The van der Waals surface area contributed by atoms with Crippen LogP contribution in [0.5, 0.6) is 5.88 Å². The molecule has 0 aliphatic heterocycles. The molecule has 2 aromatic heterocycles. The first-order chi connectivity index (χ1) is 10.8. The van der Waals surface area contributed by atoms with Crippen molar-refractivity contribution in [3.05, 3.63) is 40.9 Å². The Morgan fingerprint density at radius 1 is 1.26 bits per heavy atom. The number of alkyl halides is 3. The van der Waals surface area contributed by atoms with Gasteiger partial charge in [0, 0.05) is 12.3 Å². The van der Waals surface area contributed by atoms with E-state index in [1.807, 2.05) is 6.92 Å². The van der Waals surface area contributed by atoms with Crippen molar-refractivity contribution in [2.45, 2.75) is 26.1 Å². The fraction of sp³-hybridized carbons (Fsp3) is 0.357. The van der Waals surface area contributed by atoms with Gasteiger partial charge < -0.3 is 10.1 Å². The van der Waals surface area contributed by atoms with Crippen LogP contribution in [0.3, 0.4) is 0 Å². The lowest BCUT2D eigenvalue weighted by Gasteiger charge is -2.16. The molecule has 9 heteroatoms. The summed E-state index contributed by atoms with van der Waals surface area (Å²) < 4.78 is 42.6. The Balaban J connectivity index is 1.91. The van der Waals surface area contributed by atoms with Crippen LogP contribution in [0.1, 0.15) is 18.2 Å². The average molecular weight is 347 g/mol. The van der Waals surface area contributed by atoms with Crippen molar-refractivity contribution in [2.24, 2.45) is 0 Å². The molecule has 1 N–H and O–H groups in total. The summed E-state index contributed by atoms with van der Waals surface area (Å²) in [5.41, 5.74) is -0.180. The third-order valence-electron chi connectivity index (χ3n) is 2.89. The summed E-state index contributed by atoms with van der Waals surface area (Å²) in [6, 6.07) is 1.91. The Kier molecular flexibility index (Phi) is 5.25. The summed E-state index contributed by atoms with van der Waals surface area (Å²) in [5, 5.41) is 3.45. The molecule has 1 atom stereocenters. The minimum absolute atomic E-state index is 0.108. The lowest BCUT2D eigenvalue weighted by atomic mass is 10.3. The number of ether oxygens (including phenoxy) is 1. The van der Waals surface area contributed by atoms with Crippen molar-refractivity contribution < 1.29 is 17.9 Å². The maximum absolute atomic E-state index is 12.4. The molecular formula is C14H14ClF3N4O. The molecular weight excluding hydrogens is 333 g/mol. The molecule has 23 heavy (non-hydrogen) atoms. The lowest BCUT2D eigenvalue weighted by molar-refractivity contribution is -0.137. The summed E-state index contributed by atoms with van der Waals surface area (Å²) in [6.45, 7) is 3.75. The number of rotatable bonds is 5. The quantitative estimate of drug-likeness (QED) is 0.893. The van der Waals surface area contributed by atoms with E-state index in [1.54, 1.807) is 6.92 Å². The normalized spacial score (nSPS) is 12.8. The zero-order chi connectivity index (χ0) is 17.0. The van der Waals surface area contributed by atoms with Crippen LogP contribution in [0.15, 0.2) is 24.7 Å². The number of pyridine rings is 1. The predicted molar refractivity (Wildman–Crippen MR) is 79.6 cm³/mol. The number of hydrogen-bond acceptors (Lipinski definition) is 5. The molecule has 0 spiro atoms. The fourth-order valence-corrected chi connectivity index (χ4v) is 1.83. The zero-order valence-corrected chi connectivity index (χ0v) is 13.1. The Bertz CT molecular complexity index is 664. The van der Waals surface area contributed by atoms with Gasteiger partial charge in [-0.25, -0.2) is 15.0 Å². The van der Waals surface area contributed by atoms with Gasteiger partial charge in [0.25, 0.3) is 0 Å². The second-order valence-electron chi connectivity index (χ2n) is 4.86. The molecule has 0 unspecified atom stereocenters. The van der Waals surface area contributed by atoms with Crippen molar-refractivity contribution in [2.75, 3.05) is 11.9 Å². The van der Waals surface area contributed by atoms with Gasteiger partial charge in [0.15, 0.2) is 0 Å². The minimum atomic E-state index is -4.41. The molecule has 5 nitrogen and oxygen atoms in total. The minimum Gasteiger partial charge on any atom is -0.475 e. The van der Waals surface area contributed by atoms with Gasteiger partial charge in [0.2, 0.25) is 5.88 Å². The molecule has 0 bridgehead atoms. The Hall–Kier alpha value is -2.09. The van der Waals surface area contributed by atoms with E-state index in [4.69, 9.17) is 16.3 Å². The molecule has 0 aliphatic carbocycles. The lowest BCUT2D eigenvalue weighted by Crippen LogP contribution is -2.24. The maximum Gasteiger partial charge on any atom is 0.417 e. The summed E-state index contributed by atoms with van der Waals surface area (Å²) in [6.07, 6.45) is -2.30. The van der Waals surface area contributed by atoms with Crippen molar-refractivity contribution in [1.82, 2.24) is 15.0 Å². The maximum atomic E-state index is 12.4. The number of anilines is 1. The van der Waals surface area contributed by atoms with Crippen LogP contribution in [0, 0.1) is 6.92 Å². The van der Waals surface area contributed by atoms with Crippen molar-refractivity contribution >= 4 is 17.4 Å². The van der Waals surface area contributed by atoms with Gasteiger partial charge in [-0.3, -0.25) is 0 Å². The van der Waals surface area contributed by atoms with Crippen molar-refractivity contribution in [3.8, 4) is 5.88 Å².